The maximum atomic E-state index is 13.8. The molecule has 2 heterocycles. The van der Waals surface area contributed by atoms with Crippen LogP contribution in [-0.2, 0) is 0 Å². The number of hydrogen-bond donors (Lipinski definition) is 2. The van der Waals surface area contributed by atoms with Gasteiger partial charge in [0.2, 0.25) is 0 Å². The van der Waals surface area contributed by atoms with Crippen LogP contribution in [0, 0.1) is 5.82 Å². The molecule has 0 unspecified atom stereocenters. The van der Waals surface area contributed by atoms with E-state index in [0.717, 1.165) is 30.2 Å². The molecule has 7 nitrogen and oxygen atoms in total. The van der Waals surface area contributed by atoms with E-state index in [4.69, 9.17) is 0 Å². The van der Waals surface area contributed by atoms with Crippen LogP contribution in [0.25, 0.3) is 10.9 Å². The molecule has 6 rings (SSSR count). The van der Waals surface area contributed by atoms with Crippen LogP contribution in [-0.4, -0.2) is 25.0 Å². The van der Waals surface area contributed by atoms with Crippen LogP contribution in [0.2, 0.25) is 0 Å². The summed E-state index contributed by atoms with van der Waals surface area (Å²) in [6.07, 6.45) is 6.35. The highest BCUT2D eigenvalue weighted by Crippen LogP contribution is 2.35. The highest BCUT2D eigenvalue weighted by Gasteiger charge is 2.27. The van der Waals surface area contributed by atoms with Gasteiger partial charge >= 0.3 is 0 Å². The summed E-state index contributed by atoms with van der Waals surface area (Å²) < 4.78 is 25.1. The molecule has 0 bridgehead atoms. The topological polar surface area (TPSA) is 80.5 Å². The van der Waals surface area contributed by atoms with Crippen molar-refractivity contribution in [2.75, 3.05) is 10.6 Å². The van der Waals surface area contributed by atoms with Gasteiger partial charge in [0.1, 0.15) is 23.7 Å². The highest BCUT2D eigenvalue weighted by molar-refractivity contribution is 5.91. The molecule has 3 aromatic carbocycles. The van der Waals surface area contributed by atoms with Gasteiger partial charge in [0.05, 0.1) is 31.2 Å². The van der Waals surface area contributed by atoms with Gasteiger partial charge in [-0.15, -0.1) is 5.10 Å². The van der Waals surface area contributed by atoms with Gasteiger partial charge in [-0.25, -0.2) is 19.0 Å². The molecule has 0 saturated heterocycles. The molecule has 1 aliphatic carbocycles. The zero-order chi connectivity index (χ0) is 26.1. The van der Waals surface area contributed by atoms with Crippen LogP contribution in [0.5, 0.6) is 0 Å². The third-order valence-electron chi connectivity index (χ3n) is 6.65. The molecular weight excluding hydrogens is 465 g/mol. The predicted octanol–water partition coefficient (Wildman–Crippen LogP) is 6.46. The summed E-state index contributed by atoms with van der Waals surface area (Å²) in [4.78, 5) is 9.00. The Kier molecular flexibility index (Phi) is 5.90. The number of nitrogens with zero attached hydrogens (tertiary/aromatic N) is 5. The molecule has 0 aliphatic heterocycles. The highest BCUT2D eigenvalue weighted by atomic mass is 19.1. The fraction of sp³-hybridized carbons (Fsp3) is 0.241. The van der Waals surface area contributed by atoms with Crippen molar-refractivity contribution in [1.82, 2.24) is 25.0 Å². The van der Waals surface area contributed by atoms with Gasteiger partial charge in [0.25, 0.3) is 0 Å². The van der Waals surface area contributed by atoms with Crippen molar-refractivity contribution >= 4 is 22.4 Å². The third-order valence-corrected chi connectivity index (χ3v) is 6.65. The van der Waals surface area contributed by atoms with Crippen LogP contribution in [0.15, 0.2) is 85.3 Å². The average Bonchev–Trinajstić information content (AvgIpc) is 3.68. The molecule has 2 atom stereocenters. The summed E-state index contributed by atoms with van der Waals surface area (Å²) in [6.45, 7) is 2.13. The lowest BCUT2D eigenvalue weighted by Crippen LogP contribution is -2.14. The maximum Gasteiger partial charge on any atom is 0.137 e. The first-order chi connectivity index (χ1) is 18.5. The number of halogens is 1. The molecule has 5 aromatic rings. The van der Waals surface area contributed by atoms with E-state index in [0.29, 0.717) is 28.8 Å². The smallest absolute Gasteiger partial charge is 0.137 e. The zero-order valence-corrected chi connectivity index (χ0v) is 20.5. The minimum atomic E-state index is -1.49. The van der Waals surface area contributed by atoms with Crippen LogP contribution < -0.4 is 10.6 Å². The van der Waals surface area contributed by atoms with Crippen molar-refractivity contribution in [3.63, 3.8) is 0 Å². The normalized spacial score (nSPS) is 16.1. The SMILES string of the molecule is [2H][C@](Nc1ccc2ncnc(N[C@H](CC)c3ccccc3)c2c1)(c1ccc(F)cc1)c1cn(C2CC2)nn1. The maximum absolute atomic E-state index is 13.8. The van der Waals surface area contributed by atoms with E-state index in [1.807, 2.05) is 47.3 Å². The van der Waals surface area contributed by atoms with Gasteiger partial charge in [0, 0.05) is 11.1 Å². The molecule has 37 heavy (non-hydrogen) atoms. The van der Waals surface area contributed by atoms with E-state index in [1.54, 1.807) is 18.5 Å². The third kappa shape index (κ3) is 5.00. The minimum absolute atomic E-state index is 0.0814. The number of benzene rings is 3. The van der Waals surface area contributed by atoms with Crippen molar-refractivity contribution in [2.45, 2.75) is 44.3 Å². The van der Waals surface area contributed by atoms with Crippen LogP contribution in [0.1, 0.15) is 62.5 Å². The number of fused-ring (bicyclic) bond motifs is 1. The lowest BCUT2D eigenvalue weighted by Gasteiger charge is -2.21. The summed E-state index contributed by atoms with van der Waals surface area (Å²) in [5.41, 5.74) is 3.64. The van der Waals surface area contributed by atoms with E-state index >= 15 is 0 Å². The Labute approximate surface area is 216 Å². The van der Waals surface area contributed by atoms with E-state index in [9.17, 15) is 5.76 Å². The van der Waals surface area contributed by atoms with Crippen molar-refractivity contribution in [3.05, 3.63) is 108 Å². The van der Waals surface area contributed by atoms with Crippen molar-refractivity contribution in [1.29, 1.82) is 0 Å². The molecule has 0 spiro atoms. The van der Waals surface area contributed by atoms with Gasteiger partial charge in [-0.1, -0.05) is 54.6 Å². The summed E-state index contributed by atoms with van der Waals surface area (Å²) in [7, 11) is 0. The van der Waals surface area contributed by atoms with Gasteiger partial charge in [0.15, 0.2) is 0 Å². The molecule has 1 fully saturated rings. The molecule has 8 heteroatoms. The summed E-state index contributed by atoms with van der Waals surface area (Å²) in [5.74, 6) is 0.353. The average molecular weight is 495 g/mol. The fourth-order valence-corrected chi connectivity index (χ4v) is 4.47. The Morgan fingerprint density at radius 2 is 1.81 bits per heavy atom. The van der Waals surface area contributed by atoms with E-state index < -0.39 is 6.02 Å². The van der Waals surface area contributed by atoms with E-state index in [-0.39, 0.29) is 11.9 Å². The quantitative estimate of drug-likeness (QED) is 0.245. The molecule has 186 valence electrons. The number of hydrogen-bond acceptors (Lipinski definition) is 6. The van der Waals surface area contributed by atoms with Gasteiger partial charge in [-0.2, -0.15) is 0 Å². The Hall–Kier alpha value is -4.33. The molecular formula is C29H28FN7. The first-order valence-corrected chi connectivity index (χ1v) is 12.6. The number of nitrogens with one attached hydrogen (secondary N) is 2. The molecule has 0 amide bonds. The zero-order valence-electron chi connectivity index (χ0n) is 21.5. The van der Waals surface area contributed by atoms with Crippen molar-refractivity contribution in [3.8, 4) is 0 Å². The fourth-order valence-electron chi connectivity index (χ4n) is 4.47. The molecule has 2 N–H and O–H groups in total. The van der Waals surface area contributed by atoms with E-state index in [1.165, 1.54) is 17.7 Å². The summed E-state index contributed by atoms with van der Waals surface area (Å²) in [5, 5.41) is 16.4. The second-order valence-corrected chi connectivity index (χ2v) is 9.29. The Balaban J connectivity index is 1.37. The first-order valence-electron chi connectivity index (χ1n) is 13.1. The summed E-state index contributed by atoms with van der Waals surface area (Å²) in [6, 6.07) is 20.8. The number of anilines is 2. The van der Waals surface area contributed by atoms with Gasteiger partial charge < -0.3 is 10.6 Å². The van der Waals surface area contributed by atoms with Crippen LogP contribution >= 0.6 is 0 Å². The van der Waals surface area contributed by atoms with Crippen molar-refractivity contribution in [2.24, 2.45) is 0 Å². The Bertz CT molecular complexity index is 1550. The second-order valence-electron chi connectivity index (χ2n) is 9.29. The van der Waals surface area contributed by atoms with Crippen LogP contribution in [0.4, 0.5) is 15.9 Å². The summed E-state index contributed by atoms with van der Waals surface area (Å²) >= 11 is 0. The van der Waals surface area contributed by atoms with Crippen LogP contribution in [0.3, 0.4) is 0 Å². The number of rotatable bonds is 9. The molecule has 2 aromatic heterocycles. The van der Waals surface area contributed by atoms with Crippen molar-refractivity contribution < 1.29 is 5.76 Å². The minimum Gasteiger partial charge on any atom is -0.373 e. The molecule has 0 radical (unpaired) electrons. The lowest BCUT2D eigenvalue weighted by molar-refractivity contribution is 0.610. The second kappa shape index (κ2) is 9.97. The van der Waals surface area contributed by atoms with Gasteiger partial charge in [-0.3, -0.25) is 0 Å². The first kappa shape index (κ1) is 21.9. The molecule has 1 saturated carbocycles. The monoisotopic (exact) mass is 494 g/mol. The predicted molar refractivity (Wildman–Crippen MR) is 143 cm³/mol. The standard InChI is InChI=1S/C29H28FN7/c1-2-25(19-6-4-3-5-7-19)34-29-24-16-22(12-15-26(24)31-18-32-29)33-28(20-8-10-21(30)11-9-20)27-17-37(36-35-27)23-13-14-23/h3-12,15-18,23,25,28,33H,2,13-14H2,1H3,(H,31,32,34)/t25-,28+/m1/s1/i28D. The Morgan fingerprint density at radius 3 is 2.57 bits per heavy atom. The lowest BCUT2D eigenvalue weighted by atomic mass is 10.0. The largest absolute Gasteiger partial charge is 0.373 e. The Morgan fingerprint density at radius 1 is 1.00 bits per heavy atom. The van der Waals surface area contributed by atoms with Gasteiger partial charge in [-0.05, 0) is 60.7 Å². The van der Waals surface area contributed by atoms with E-state index in [2.05, 4.69) is 50.0 Å². The molecule has 1 aliphatic rings. The number of aromatic nitrogens is 5.